The Hall–Kier alpha value is -1.32. The van der Waals surface area contributed by atoms with Crippen molar-refractivity contribution in [3.63, 3.8) is 0 Å². The van der Waals surface area contributed by atoms with Gasteiger partial charge in [0, 0.05) is 10.8 Å². The number of hydrogen-bond donors (Lipinski definition) is 2. The number of hydrogen-bond acceptors (Lipinski definition) is 21. The van der Waals surface area contributed by atoms with Gasteiger partial charge in [0.05, 0.1) is 13.2 Å². The molecule has 6 fully saturated rings. The third-order valence-electron chi connectivity index (χ3n) is 8.65. The van der Waals surface area contributed by atoms with Crippen LogP contribution in [0.4, 0.5) is 0 Å². The van der Waals surface area contributed by atoms with Crippen LogP contribution in [0.25, 0.3) is 0 Å². The second-order valence-electron chi connectivity index (χ2n) is 13.8. The number of amides is 2. The topological polar surface area (TPSA) is 282 Å². The van der Waals surface area contributed by atoms with Gasteiger partial charge in [0.25, 0.3) is 11.8 Å². The second-order valence-corrected chi connectivity index (χ2v) is 25.2. The first-order chi connectivity index (χ1) is 24.6. The maximum absolute atomic E-state index is 13.9. The number of carbonyl (C=O) groups excluding carboxylic acids is 2. The van der Waals surface area contributed by atoms with Gasteiger partial charge in [-0.15, -0.1) is 22.7 Å². The lowest BCUT2D eigenvalue weighted by molar-refractivity contribution is -0.190. The van der Waals surface area contributed by atoms with E-state index in [-0.39, 0.29) is 11.4 Å². The van der Waals surface area contributed by atoms with Crippen LogP contribution in [-0.4, -0.2) is 95.0 Å². The number of ether oxygens (including phenoxy) is 6. The first-order valence-electron chi connectivity index (χ1n) is 16.0. The average Bonchev–Trinajstić information content (AvgIpc) is 3.84. The van der Waals surface area contributed by atoms with E-state index < -0.39 is 128 Å². The van der Waals surface area contributed by atoms with Gasteiger partial charge in [-0.2, -0.15) is 0 Å². The van der Waals surface area contributed by atoms with Crippen molar-refractivity contribution in [1.82, 2.24) is 9.97 Å². The largest absolute Gasteiger partial charge is 0.364 e. The summed E-state index contributed by atoms with van der Waals surface area (Å²) in [5.41, 5.74) is 10.8. The van der Waals surface area contributed by atoms with Crippen molar-refractivity contribution in [2.75, 3.05) is 25.0 Å². The van der Waals surface area contributed by atoms with Crippen molar-refractivity contribution in [2.45, 2.75) is 88.1 Å². The Bertz CT molecular complexity index is 1880. The van der Waals surface area contributed by atoms with E-state index >= 15 is 0 Å². The van der Waals surface area contributed by atoms with Crippen LogP contribution in [0.3, 0.4) is 0 Å². The molecule has 0 radical (unpaired) electrons. The van der Waals surface area contributed by atoms with Gasteiger partial charge in [-0.05, 0) is 27.7 Å². The van der Waals surface area contributed by atoms with E-state index in [9.17, 15) is 27.8 Å². The van der Waals surface area contributed by atoms with E-state index in [0.29, 0.717) is 10.0 Å². The Balaban J connectivity index is 0.936. The highest BCUT2D eigenvalue weighted by molar-refractivity contribution is 7.91. The fraction of sp³-hybridized carbons (Fsp3) is 0.692. The third-order valence-corrected chi connectivity index (χ3v) is 23.1. The molecular weight excluding hydrogens is 828 g/mol. The Morgan fingerprint density at radius 2 is 1.08 bits per heavy atom. The monoisotopic (exact) mass is 862 g/mol. The van der Waals surface area contributed by atoms with Gasteiger partial charge < -0.3 is 48.9 Å². The predicted octanol–water partition coefficient (Wildman–Crippen LogP) is 4.22. The normalized spacial score (nSPS) is 43.8. The standard InChI is InChI=1S/C26H34N4O17P4S2/c1-25(2)41-15-13(39-19(17(15)43-25)23-29-11(7-52-23)21(27)31)5-37-48(33)9-50(35)46-49(34,10-51(36,45-48)47-50)38-6-14-16-18(44-26(3,4)42-16)20(40-14)24-30-12(8-53-24)22(28)32/h7-8,13-20H,5-6,9-10H2,1-4H3,(H2,27,31)(H2,28,32)/t13-,14-,15+,16+,17?,18?,19-,20-,48?,49?,50?,51?/m1/s1. The van der Waals surface area contributed by atoms with Crippen LogP contribution in [0.2, 0.25) is 0 Å². The summed E-state index contributed by atoms with van der Waals surface area (Å²) in [5.74, 6) is -5.62. The van der Waals surface area contributed by atoms with Crippen LogP contribution in [0, 0.1) is 0 Å². The molecule has 292 valence electrons. The highest BCUT2D eigenvalue weighted by Gasteiger charge is 2.65. The summed E-state index contributed by atoms with van der Waals surface area (Å²) in [6.45, 7) is 5.79. The first kappa shape index (κ1) is 38.5. The highest BCUT2D eigenvalue weighted by Crippen LogP contribution is 2.91. The van der Waals surface area contributed by atoms with Crippen molar-refractivity contribution >= 4 is 64.9 Å². The summed E-state index contributed by atoms with van der Waals surface area (Å²) in [6, 6.07) is 0. The average molecular weight is 863 g/mol. The summed E-state index contributed by atoms with van der Waals surface area (Å²) in [7, 11) is -18.4. The van der Waals surface area contributed by atoms with E-state index in [2.05, 4.69) is 9.97 Å². The van der Waals surface area contributed by atoms with Gasteiger partial charge in [0.1, 0.15) is 70.2 Å². The fourth-order valence-electron chi connectivity index (χ4n) is 6.77. The van der Waals surface area contributed by atoms with Crippen molar-refractivity contribution in [2.24, 2.45) is 11.5 Å². The van der Waals surface area contributed by atoms with Gasteiger partial charge in [0.15, 0.2) is 23.4 Å². The summed E-state index contributed by atoms with van der Waals surface area (Å²) < 4.78 is 119. The molecule has 4 N–H and O–H groups in total. The Morgan fingerprint density at radius 1 is 0.698 bits per heavy atom. The predicted molar refractivity (Wildman–Crippen MR) is 179 cm³/mol. The molecule has 6 saturated heterocycles. The molecule has 2 aromatic heterocycles. The molecule has 6 aliphatic heterocycles. The zero-order chi connectivity index (χ0) is 37.9. The van der Waals surface area contributed by atoms with Crippen LogP contribution >= 0.6 is 53.1 Å². The minimum absolute atomic E-state index is 0.0372. The molecular formula is C26H34N4O17P4S2. The number of fused-ring (bicyclic) bond motifs is 4. The van der Waals surface area contributed by atoms with E-state index in [1.807, 2.05) is 0 Å². The van der Waals surface area contributed by atoms with Crippen molar-refractivity contribution in [3.05, 3.63) is 32.2 Å². The number of thiazole rings is 2. The van der Waals surface area contributed by atoms with Crippen LogP contribution in [-0.2, 0) is 68.7 Å². The quantitative estimate of drug-likeness (QED) is 0.316. The van der Waals surface area contributed by atoms with Crippen LogP contribution in [0.1, 0.15) is 70.9 Å². The summed E-state index contributed by atoms with van der Waals surface area (Å²) in [6.07, 6.45) is -6.47. The van der Waals surface area contributed by atoms with Gasteiger partial charge in [-0.1, -0.05) is 0 Å². The Morgan fingerprint density at radius 3 is 1.43 bits per heavy atom. The summed E-state index contributed by atoms with van der Waals surface area (Å²) >= 11 is 2.24. The molecule has 0 spiro atoms. The van der Waals surface area contributed by atoms with Crippen LogP contribution < -0.4 is 11.5 Å². The Labute approximate surface area is 309 Å². The number of carbonyl (C=O) groups is 2. The van der Waals surface area contributed by atoms with Crippen LogP contribution in [0.15, 0.2) is 10.8 Å². The lowest BCUT2D eigenvalue weighted by Gasteiger charge is -2.39. The molecule has 2 aromatic rings. The first-order valence-corrected chi connectivity index (χ1v) is 24.6. The molecule has 2 bridgehead atoms. The number of primary amides is 2. The third kappa shape index (κ3) is 7.48. The molecule has 27 heteroatoms. The molecule has 2 amide bonds. The van der Waals surface area contributed by atoms with Gasteiger partial charge in [-0.25, -0.2) is 22.9 Å². The van der Waals surface area contributed by atoms with E-state index in [0.717, 1.165) is 22.7 Å². The number of nitrogens with zero attached hydrogens (tertiary/aromatic N) is 2. The molecule has 21 nitrogen and oxygen atoms in total. The number of rotatable bonds is 10. The van der Waals surface area contributed by atoms with Gasteiger partial charge >= 0.3 is 30.4 Å². The van der Waals surface area contributed by atoms with E-state index in [4.69, 9.17) is 61.9 Å². The molecule has 8 heterocycles. The van der Waals surface area contributed by atoms with E-state index in [1.165, 1.54) is 10.8 Å². The van der Waals surface area contributed by atoms with Gasteiger partial charge in [-0.3, -0.25) is 27.8 Å². The molecule has 8 rings (SSSR count). The SMILES string of the molecule is CC1(C)OC2[C@@H](O1)[C@@H](COP1(=O)CP3(=O)OP(=O)(OC[C@H]4O[C@@H](c5nc(C(N)=O)cs5)C5OC(C)(C)O[C@H]54)CP(=O)(O1)O3)O[C@H]2c1nc(C(N)=O)cs1. The fourth-order valence-corrected chi connectivity index (χ4v) is 23.0. The minimum Gasteiger partial charge on any atom is -0.364 e. The van der Waals surface area contributed by atoms with Crippen LogP contribution in [0.5, 0.6) is 0 Å². The molecule has 0 aromatic carbocycles. The Kier molecular flexibility index (Phi) is 9.54. The molecule has 6 aliphatic rings. The smallest absolute Gasteiger partial charge is 0.357 e. The minimum atomic E-state index is -4.68. The van der Waals surface area contributed by atoms with E-state index in [1.54, 1.807) is 27.7 Å². The maximum Gasteiger partial charge on any atom is 0.357 e. The zero-order valence-corrected chi connectivity index (χ0v) is 33.4. The lowest BCUT2D eigenvalue weighted by Crippen LogP contribution is -2.33. The second kappa shape index (κ2) is 13.1. The molecule has 6 unspecified atom stereocenters. The summed E-state index contributed by atoms with van der Waals surface area (Å²) in [4.78, 5) is 31.7. The molecule has 0 aliphatic carbocycles. The van der Waals surface area contributed by atoms with Gasteiger partial charge in [0.2, 0.25) is 0 Å². The van der Waals surface area contributed by atoms with Crippen molar-refractivity contribution in [1.29, 1.82) is 0 Å². The maximum atomic E-state index is 13.9. The lowest BCUT2D eigenvalue weighted by atomic mass is 10.1. The van der Waals surface area contributed by atoms with Crippen molar-refractivity contribution < 1.29 is 78.2 Å². The number of aromatic nitrogens is 2. The molecule has 53 heavy (non-hydrogen) atoms. The summed E-state index contributed by atoms with van der Waals surface area (Å²) in [5, 5.41) is 3.71. The molecule has 12 atom stereocenters. The molecule has 0 saturated carbocycles. The zero-order valence-electron chi connectivity index (χ0n) is 28.2. The highest BCUT2D eigenvalue weighted by atomic mass is 32.1. The number of nitrogens with two attached hydrogens (primary N) is 2. The van der Waals surface area contributed by atoms with Crippen molar-refractivity contribution in [3.8, 4) is 0 Å².